The van der Waals surface area contributed by atoms with Crippen LogP contribution in [0.4, 0.5) is 10.5 Å². The second-order valence-corrected chi connectivity index (χ2v) is 6.35. The Balaban J connectivity index is 1.46. The van der Waals surface area contributed by atoms with Crippen LogP contribution in [0, 0.1) is 0 Å². The number of amides is 2. The zero-order chi connectivity index (χ0) is 17.9. The summed E-state index contributed by atoms with van der Waals surface area (Å²) in [6.45, 7) is 3.58. The number of likely N-dealkylation sites (tertiary alicyclic amines) is 1. The van der Waals surface area contributed by atoms with Gasteiger partial charge in [-0.05, 0) is 49.6 Å². The van der Waals surface area contributed by atoms with Crippen molar-refractivity contribution in [1.82, 2.24) is 4.90 Å². The Morgan fingerprint density at radius 2 is 2.00 bits per heavy atom. The number of anilines is 1. The van der Waals surface area contributed by atoms with Gasteiger partial charge in [-0.3, -0.25) is 0 Å². The van der Waals surface area contributed by atoms with Gasteiger partial charge in [0.05, 0.1) is 12.6 Å². The van der Waals surface area contributed by atoms with Crippen LogP contribution in [-0.2, 0) is 0 Å². The zero-order valence-electron chi connectivity index (χ0n) is 14.7. The van der Waals surface area contributed by atoms with E-state index in [0.717, 1.165) is 30.7 Å². The van der Waals surface area contributed by atoms with E-state index in [1.54, 1.807) is 6.07 Å². The van der Waals surface area contributed by atoms with Crippen LogP contribution in [0.2, 0.25) is 0 Å². The minimum Gasteiger partial charge on any atom is -0.494 e. The Bertz CT molecular complexity index is 791. The average molecular weight is 354 g/mol. The first-order valence-electron chi connectivity index (χ1n) is 8.94. The number of benzene rings is 2. The molecule has 0 radical (unpaired) electrons. The third-order valence-electron chi connectivity index (χ3n) is 4.71. The van der Waals surface area contributed by atoms with Crippen LogP contribution in [0.25, 0.3) is 0 Å². The Labute approximate surface area is 152 Å². The van der Waals surface area contributed by atoms with Crippen LogP contribution >= 0.6 is 0 Å². The van der Waals surface area contributed by atoms with Gasteiger partial charge in [-0.2, -0.15) is 0 Å². The molecule has 1 fully saturated rings. The summed E-state index contributed by atoms with van der Waals surface area (Å²) in [5.41, 5.74) is 1.84. The first-order chi connectivity index (χ1) is 12.7. The summed E-state index contributed by atoms with van der Waals surface area (Å²) in [6.07, 6.45) is 1.95. The van der Waals surface area contributed by atoms with E-state index < -0.39 is 0 Å². The fourth-order valence-electron chi connectivity index (χ4n) is 3.48. The first kappa shape index (κ1) is 16.6. The molecule has 6 heteroatoms. The van der Waals surface area contributed by atoms with Crippen molar-refractivity contribution < 1.29 is 19.0 Å². The number of fused-ring (bicyclic) bond motifs is 1. The predicted octanol–water partition coefficient (Wildman–Crippen LogP) is 4.18. The molecule has 1 N–H and O–H groups in total. The van der Waals surface area contributed by atoms with E-state index in [0.29, 0.717) is 23.8 Å². The van der Waals surface area contributed by atoms with Gasteiger partial charge in [0.15, 0.2) is 11.5 Å². The van der Waals surface area contributed by atoms with Crippen molar-refractivity contribution in [3.05, 3.63) is 48.0 Å². The number of nitrogens with one attached hydrogen (secondary N) is 1. The maximum Gasteiger partial charge on any atom is 0.322 e. The second kappa shape index (κ2) is 7.15. The molecule has 26 heavy (non-hydrogen) atoms. The largest absolute Gasteiger partial charge is 0.494 e. The fraction of sp³-hybridized carbons (Fsp3) is 0.350. The monoisotopic (exact) mass is 354 g/mol. The fourth-order valence-corrected chi connectivity index (χ4v) is 3.48. The molecule has 136 valence electrons. The molecule has 0 spiro atoms. The van der Waals surface area contributed by atoms with Crippen LogP contribution < -0.4 is 19.5 Å². The van der Waals surface area contributed by atoms with Gasteiger partial charge in [0.25, 0.3) is 0 Å². The number of urea groups is 1. The molecule has 0 aromatic heterocycles. The van der Waals surface area contributed by atoms with Crippen LogP contribution in [0.1, 0.15) is 31.4 Å². The van der Waals surface area contributed by atoms with Crippen molar-refractivity contribution in [2.24, 2.45) is 0 Å². The quantitative estimate of drug-likeness (QED) is 0.895. The summed E-state index contributed by atoms with van der Waals surface area (Å²) in [5.74, 6) is 2.22. The summed E-state index contributed by atoms with van der Waals surface area (Å²) in [4.78, 5) is 14.7. The Hall–Kier alpha value is -2.89. The molecular weight excluding hydrogens is 332 g/mol. The summed E-state index contributed by atoms with van der Waals surface area (Å²) >= 11 is 0. The molecule has 0 bridgehead atoms. The maximum atomic E-state index is 12.8. The molecule has 0 aliphatic carbocycles. The van der Waals surface area contributed by atoms with E-state index in [9.17, 15) is 4.79 Å². The molecule has 2 aliphatic heterocycles. The Kier molecular flexibility index (Phi) is 4.56. The van der Waals surface area contributed by atoms with Gasteiger partial charge in [-0.15, -0.1) is 0 Å². The van der Waals surface area contributed by atoms with Crippen LogP contribution in [0.5, 0.6) is 17.2 Å². The lowest BCUT2D eigenvalue weighted by molar-refractivity contribution is 0.174. The molecule has 0 saturated carbocycles. The number of hydrogen-bond acceptors (Lipinski definition) is 4. The standard InChI is InChI=1S/C20H22N2O4/c1-2-24-16-8-5-14(6-9-16)17-4-3-11-22(17)20(23)21-15-7-10-18-19(12-15)26-13-25-18/h5-10,12,17H,2-4,11,13H2,1H3,(H,21,23). The number of nitrogens with zero attached hydrogens (tertiary/aromatic N) is 1. The van der Waals surface area contributed by atoms with Gasteiger partial charge in [0, 0.05) is 18.3 Å². The molecule has 1 saturated heterocycles. The highest BCUT2D eigenvalue weighted by Crippen LogP contribution is 2.36. The predicted molar refractivity (Wildman–Crippen MR) is 97.9 cm³/mol. The summed E-state index contributed by atoms with van der Waals surface area (Å²) in [6, 6.07) is 13.4. The SMILES string of the molecule is CCOc1ccc(C2CCCN2C(=O)Nc2ccc3c(c2)OCO3)cc1. The van der Waals surface area contributed by atoms with Gasteiger partial charge in [0.1, 0.15) is 5.75 Å². The van der Waals surface area contributed by atoms with Crippen LogP contribution in [0.15, 0.2) is 42.5 Å². The highest BCUT2D eigenvalue weighted by Gasteiger charge is 2.30. The van der Waals surface area contributed by atoms with Crippen molar-refractivity contribution in [2.75, 3.05) is 25.3 Å². The summed E-state index contributed by atoms with van der Waals surface area (Å²) in [5, 5.41) is 2.97. The van der Waals surface area contributed by atoms with Crippen molar-refractivity contribution >= 4 is 11.7 Å². The number of rotatable bonds is 4. The number of hydrogen-bond donors (Lipinski definition) is 1. The maximum absolute atomic E-state index is 12.8. The van der Waals surface area contributed by atoms with Gasteiger partial charge in [-0.1, -0.05) is 12.1 Å². The summed E-state index contributed by atoms with van der Waals surface area (Å²) in [7, 11) is 0. The van der Waals surface area contributed by atoms with Crippen molar-refractivity contribution in [3.8, 4) is 17.2 Å². The third kappa shape index (κ3) is 3.27. The zero-order valence-corrected chi connectivity index (χ0v) is 14.7. The molecule has 2 heterocycles. The van der Waals surface area contributed by atoms with Gasteiger partial charge in [0.2, 0.25) is 6.79 Å². The van der Waals surface area contributed by atoms with Crippen LogP contribution in [-0.4, -0.2) is 30.9 Å². The van der Waals surface area contributed by atoms with Gasteiger partial charge >= 0.3 is 6.03 Å². The molecular formula is C20H22N2O4. The van der Waals surface area contributed by atoms with Crippen molar-refractivity contribution in [1.29, 1.82) is 0 Å². The van der Waals surface area contributed by atoms with E-state index in [1.165, 1.54) is 0 Å². The molecule has 4 rings (SSSR count). The number of carbonyl (C=O) groups excluding carboxylic acids is 1. The topological polar surface area (TPSA) is 60.0 Å². The minimum atomic E-state index is -0.0970. The van der Waals surface area contributed by atoms with E-state index in [2.05, 4.69) is 5.32 Å². The van der Waals surface area contributed by atoms with E-state index in [-0.39, 0.29) is 18.9 Å². The van der Waals surface area contributed by atoms with Crippen molar-refractivity contribution in [2.45, 2.75) is 25.8 Å². The molecule has 1 atom stereocenters. The Morgan fingerprint density at radius 1 is 1.19 bits per heavy atom. The highest BCUT2D eigenvalue weighted by atomic mass is 16.7. The van der Waals surface area contributed by atoms with E-state index in [1.807, 2.05) is 48.2 Å². The highest BCUT2D eigenvalue weighted by molar-refractivity contribution is 5.90. The van der Waals surface area contributed by atoms with E-state index in [4.69, 9.17) is 14.2 Å². The lowest BCUT2D eigenvalue weighted by Gasteiger charge is -2.25. The molecule has 6 nitrogen and oxygen atoms in total. The molecule has 2 aromatic carbocycles. The van der Waals surface area contributed by atoms with Crippen LogP contribution in [0.3, 0.4) is 0 Å². The third-order valence-corrected chi connectivity index (χ3v) is 4.71. The number of ether oxygens (including phenoxy) is 3. The summed E-state index contributed by atoms with van der Waals surface area (Å²) < 4.78 is 16.2. The average Bonchev–Trinajstić information content (AvgIpc) is 3.31. The lowest BCUT2D eigenvalue weighted by atomic mass is 10.0. The molecule has 2 aromatic rings. The lowest BCUT2D eigenvalue weighted by Crippen LogP contribution is -2.34. The first-order valence-corrected chi connectivity index (χ1v) is 8.94. The van der Waals surface area contributed by atoms with Gasteiger partial charge in [-0.25, -0.2) is 4.79 Å². The van der Waals surface area contributed by atoms with Gasteiger partial charge < -0.3 is 24.4 Å². The van der Waals surface area contributed by atoms with E-state index >= 15 is 0 Å². The molecule has 2 aliphatic rings. The molecule has 1 unspecified atom stereocenters. The minimum absolute atomic E-state index is 0.0830. The Morgan fingerprint density at radius 3 is 2.81 bits per heavy atom. The molecule has 2 amide bonds. The van der Waals surface area contributed by atoms with Crippen molar-refractivity contribution in [3.63, 3.8) is 0 Å². The second-order valence-electron chi connectivity index (χ2n) is 6.35. The smallest absolute Gasteiger partial charge is 0.322 e. The number of carbonyl (C=O) groups is 1. The normalized spacial score (nSPS) is 18.0.